The van der Waals surface area contributed by atoms with E-state index in [9.17, 15) is 0 Å². The van der Waals surface area contributed by atoms with Crippen LogP contribution in [0.15, 0.2) is 42.7 Å². The van der Waals surface area contributed by atoms with Crippen molar-refractivity contribution in [3.63, 3.8) is 0 Å². The van der Waals surface area contributed by atoms with E-state index in [0.717, 1.165) is 51.9 Å². The number of fused-ring (bicyclic) bond motifs is 3. The molecule has 26 heavy (non-hydrogen) atoms. The van der Waals surface area contributed by atoms with Crippen molar-refractivity contribution in [1.82, 2.24) is 19.5 Å². The van der Waals surface area contributed by atoms with E-state index in [4.69, 9.17) is 10.7 Å². The number of aryl methyl sites for hydroxylation is 1. The molecule has 0 atom stereocenters. The van der Waals surface area contributed by atoms with Gasteiger partial charge in [0.1, 0.15) is 11.3 Å². The first-order chi connectivity index (χ1) is 12.6. The zero-order valence-corrected chi connectivity index (χ0v) is 15.4. The van der Waals surface area contributed by atoms with Gasteiger partial charge in [0.05, 0.1) is 11.0 Å². The van der Waals surface area contributed by atoms with Crippen LogP contribution in [0.5, 0.6) is 0 Å². The number of nitrogens with zero attached hydrogens (tertiary/aromatic N) is 4. The van der Waals surface area contributed by atoms with Gasteiger partial charge in [0.15, 0.2) is 5.82 Å². The summed E-state index contributed by atoms with van der Waals surface area (Å²) < 4.78 is 2.31. The Hall–Kier alpha value is -2.95. The van der Waals surface area contributed by atoms with Crippen LogP contribution in [0, 0.1) is 5.92 Å². The number of imidazole rings is 1. The highest BCUT2D eigenvalue weighted by Gasteiger charge is 2.17. The summed E-state index contributed by atoms with van der Waals surface area (Å²) in [5, 5.41) is 1.09. The second kappa shape index (κ2) is 6.41. The number of hydrogen-bond donors (Lipinski definition) is 1. The van der Waals surface area contributed by atoms with Gasteiger partial charge in [0.25, 0.3) is 0 Å². The zero-order valence-electron chi connectivity index (χ0n) is 15.4. The summed E-state index contributed by atoms with van der Waals surface area (Å²) in [6, 6.07) is 10.3. The molecule has 0 unspecified atom stereocenters. The Morgan fingerprint density at radius 1 is 1.12 bits per heavy atom. The van der Waals surface area contributed by atoms with Gasteiger partial charge in [-0.1, -0.05) is 32.9 Å². The third-order valence-electron chi connectivity index (χ3n) is 4.64. The standard InChI is InChI=1S/C21H23N5/c1-4-18-25-19-20(26(18)12-13(2)3)16-10-14(15-6-5-9-23-11-15)7-8-17(16)24-21(19)22/h5-11,13H,4,12H2,1-3H3,(H2,22,24). The van der Waals surface area contributed by atoms with E-state index in [1.165, 1.54) is 0 Å². The summed E-state index contributed by atoms with van der Waals surface area (Å²) in [6.45, 7) is 7.48. The first-order valence-corrected chi connectivity index (χ1v) is 9.07. The molecule has 0 saturated heterocycles. The van der Waals surface area contributed by atoms with Gasteiger partial charge in [0, 0.05) is 36.3 Å². The fourth-order valence-electron chi connectivity index (χ4n) is 3.50. The molecule has 3 heterocycles. The maximum absolute atomic E-state index is 6.24. The molecule has 0 fully saturated rings. The number of anilines is 1. The molecule has 0 amide bonds. The Bertz CT molecular complexity index is 1080. The number of rotatable bonds is 4. The average Bonchev–Trinajstić information content (AvgIpc) is 3.01. The Morgan fingerprint density at radius 3 is 2.65 bits per heavy atom. The predicted molar refractivity (Wildman–Crippen MR) is 107 cm³/mol. The predicted octanol–water partition coefficient (Wildman–Crippen LogP) is 4.45. The molecule has 0 bridgehead atoms. The Kier molecular flexibility index (Phi) is 4.07. The summed E-state index contributed by atoms with van der Waals surface area (Å²) in [5.74, 6) is 2.07. The van der Waals surface area contributed by atoms with Crippen LogP contribution in [0.3, 0.4) is 0 Å². The van der Waals surface area contributed by atoms with Crippen molar-refractivity contribution in [2.45, 2.75) is 33.7 Å². The van der Waals surface area contributed by atoms with E-state index in [-0.39, 0.29) is 0 Å². The van der Waals surface area contributed by atoms with Gasteiger partial charge in [-0.25, -0.2) is 9.97 Å². The van der Waals surface area contributed by atoms with Crippen LogP contribution < -0.4 is 5.73 Å². The van der Waals surface area contributed by atoms with E-state index in [0.29, 0.717) is 11.7 Å². The summed E-state index contributed by atoms with van der Waals surface area (Å²) in [4.78, 5) is 13.6. The Balaban J connectivity index is 2.06. The number of benzene rings is 1. The minimum Gasteiger partial charge on any atom is -0.382 e. The van der Waals surface area contributed by atoms with Crippen molar-refractivity contribution < 1.29 is 0 Å². The Labute approximate surface area is 152 Å². The second-order valence-electron chi connectivity index (χ2n) is 7.05. The molecule has 5 heteroatoms. The summed E-state index contributed by atoms with van der Waals surface area (Å²) in [5.41, 5.74) is 11.2. The molecule has 4 aromatic rings. The van der Waals surface area contributed by atoms with E-state index in [1.54, 1.807) is 6.20 Å². The second-order valence-corrected chi connectivity index (χ2v) is 7.05. The van der Waals surface area contributed by atoms with Crippen LogP contribution in [-0.4, -0.2) is 19.5 Å². The molecule has 0 aliphatic heterocycles. The summed E-state index contributed by atoms with van der Waals surface area (Å²) in [6.07, 6.45) is 4.53. The molecule has 0 saturated carbocycles. The van der Waals surface area contributed by atoms with Crippen LogP contribution in [0.1, 0.15) is 26.6 Å². The molecule has 5 nitrogen and oxygen atoms in total. The van der Waals surface area contributed by atoms with Gasteiger partial charge in [-0.2, -0.15) is 0 Å². The van der Waals surface area contributed by atoms with Crippen LogP contribution in [-0.2, 0) is 13.0 Å². The molecule has 132 valence electrons. The molecule has 4 rings (SSSR count). The van der Waals surface area contributed by atoms with Crippen molar-refractivity contribution >= 4 is 27.8 Å². The van der Waals surface area contributed by atoms with Gasteiger partial charge >= 0.3 is 0 Å². The van der Waals surface area contributed by atoms with Crippen molar-refractivity contribution in [1.29, 1.82) is 0 Å². The lowest BCUT2D eigenvalue weighted by Crippen LogP contribution is -2.08. The van der Waals surface area contributed by atoms with Crippen molar-refractivity contribution in [2.24, 2.45) is 5.92 Å². The Morgan fingerprint density at radius 2 is 1.96 bits per heavy atom. The third-order valence-corrected chi connectivity index (χ3v) is 4.64. The molecular formula is C21H23N5. The van der Waals surface area contributed by atoms with Gasteiger partial charge < -0.3 is 10.3 Å². The van der Waals surface area contributed by atoms with Crippen LogP contribution in [0.4, 0.5) is 5.82 Å². The molecular weight excluding hydrogens is 322 g/mol. The van der Waals surface area contributed by atoms with Crippen molar-refractivity contribution in [2.75, 3.05) is 5.73 Å². The largest absolute Gasteiger partial charge is 0.382 e. The van der Waals surface area contributed by atoms with E-state index < -0.39 is 0 Å². The first-order valence-electron chi connectivity index (χ1n) is 9.07. The van der Waals surface area contributed by atoms with E-state index in [2.05, 4.69) is 53.5 Å². The van der Waals surface area contributed by atoms with Gasteiger partial charge in [-0.15, -0.1) is 0 Å². The van der Waals surface area contributed by atoms with Crippen molar-refractivity contribution in [3.8, 4) is 11.1 Å². The van der Waals surface area contributed by atoms with Crippen LogP contribution in [0.25, 0.3) is 33.1 Å². The topological polar surface area (TPSA) is 69.6 Å². The number of nitrogens with two attached hydrogens (primary N) is 1. The fourth-order valence-corrected chi connectivity index (χ4v) is 3.50. The molecule has 2 N–H and O–H groups in total. The highest BCUT2D eigenvalue weighted by Crippen LogP contribution is 2.32. The third kappa shape index (κ3) is 2.69. The molecule has 0 radical (unpaired) electrons. The fraction of sp³-hybridized carbons (Fsp3) is 0.286. The highest BCUT2D eigenvalue weighted by atomic mass is 15.1. The van der Waals surface area contributed by atoms with Gasteiger partial charge in [-0.3, -0.25) is 4.98 Å². The zero-order chi connectivity index (χ0) is 18.3. The lowest BCUT2D eigenvalue weighted by molar-refractivity contribution is 0.519. The van der Waals surface area contributed by atoms with Gasteiger partial charge in [0.2, 0.25) is 0 Å². The summed E-state index contributed by atoms with van der Waals surface area (Å²) >= 11 is 0. The molecule has 0 aliphatic rings. The van der Waals surface area contributed by atoms with Gasteiger partial charge in [-0.05, 0) is 29.7 Å². The summed E-state index contributed by atoms with van der Waals surface area (Å²) in [7, 11) is 0. The lowest BCUT2D eigenvalue weighted by atomic mass is 10.0. The van der Waals surface area contributed by atoms with Crippen LogP contribution >= 0.6 is 0 Å². The number of hydrogen-bond acceptors (Lipinski definition) is 4. The molecule has 0 aliphatic carbocycles. The molecule has 3 aromatic heterocycles. The molecule has 1 aromatic carbocycles. The quantitative estimate of drug-likeness (QED) is 0.593. The highest BCUT2D eigenvalue weighted by molar-refractivity contribution is 6.07. The monoisotopic (exact) mass is 345 g/mol. The minimum atomic E-state index is 0.499. The minimum absolute atomic E-state index is 0.499. The maximum Gasteiger partial charge on any atom is 0.152 e. The number of nitrogen functional groups attached to an aromatic ring is 1. The first kappa shape index (κ1) is 16.5. The maximum atomic E-state index is 6.24. The molecule has 0 spiro atoms. The SMILES string of the molecule is CCc1nc2c(N)nc3ccc(-c4cccnc4)cc3c2n1CC(C)C. The number of aromatic nitrogens is 4. The van der Waals surface area contributed by atoms with E-state index >= 15 is 0 Å². The van der Waals surface area contributed by atoms with Crippen LogP contribution in [0.2, 0.25) is 0 Å². The average molecular weight is 345 g/mol. The smallest absolute Gasteiger partial charge is 0.152 e. The van der Waals surface area contributed by atoms with Crippen molar-refractivity contribution in [3.05, 3.63) is 48.5 Å². The lowest BCUT2D eigenvalue weighted by Gasteiger charge is -2.13. The number of pyridine rings is 2. The van der Waals surface area contributed by atoms with E-state index in [1.807, 2.05) is 18.3 Å². The normalized spacial score (nSPS) is 11.7.